The van der Waals surface area contributed by atoms with Crippen molar-refractivity contribution in [2.24, 2.45) is 0 Å². The van der Waals surface area contributed by atoms with Crippen LogP contribution in [0.15, 0.2) is 16.1 Å². The van der Waals surface area contributed by atoms with Crippen LogP contribution in [0.1, 0.15) is 13.8 Å². The summed E-state index contributed by atoms with van der Waals surface area (Å²) in [5, 5.41) is 0.950. The van der Waals surface area contributed by atoms with Crippen molar-refractivity contribution in [1.82, 2.24) is 19.5 Å². The minimum atomic E-state index is 0.0679. The number of nitrogen functional groups attached to an aromatic ring is 2. The second-order valence-electron chi connectivity index (χ2n) is 6.66. The highest BCUT2D eigenvalue weighted by Gasteiger charge is 2.23. The third kappa shape index (κ3) is 4.68. The Hall–Kier alpha value is -2.63. The Kier molecular flexibility index (Phi) is 7.19. The first-order chi connectivity index (χ1) is 14.8. The molecular formula is C19H25ClN6O4S. The first kappa shape index (κ1) is 23.0. The van der Waals surface area contributed by atoms with E-state index in [-0.39, 0.29) is 17.9 Å². The average Bonchev–Trinajstić information content (AvgIpc) is 3.06. The Balaban J connectivity index is 2.11. The van der Waals surface area contributed by atoms with Crippen LogP contribution in [0.25, 0.3) is 11.2 Å². The van der Waals surface area contributed by atoms with Crippen molar-refractivity contribution in [2.75, 3.05) is 39.4 Å². The molecule has 0 unspecified atom stereocenters. The fourth-order valence-corrected chi connectivity index (χ4v) is 4.25. The number of benzene rings is 1. The Bertz CT molecular complexity index is 1090. The van der Waals surface area contributed by atoms with Crippen molar-refractivity contribution >= 4 is 46.3 Å². The van der Waals surface area contributed by atoms with Crippen LogP contribution in [0, 0.1) is 0 Å². The molecule has 3 rings (SSSR count). The van der Waals surface area contributed by atoms with Gasteiger partial charge in [-0.25, -0.2) is 4.98 Å². The fourth-order valence-electron chi connectivity index (χ4n) is 2.95. The number of halogens is 1. The van der Waals surface area contributed by atoms with E-state index in [0.29, 0.717) is 56.6 Å². The maximum Gasteiger partial charge on any atom is 0.224 e. The van der Waals surface area contributed by atoms with Crippen LogP contribution in [0.4, 0.5) is 11.8 Å². The standard InChI is InChI=1S/C19H25ClN6O4S/c1-9(2)30-7-6-26-17-13(16(21)24-18(22)25-17)23-19(26)31-11-8-10(27-3)14(28-4)15(29-5)12(11)20/h8-9H,6-7H2,1-5H3,(H4,21,22,24,25). The summed E-state index contributed by atoms with van der Waals surface area (Å²) in [6.45, 7) is 4.86. The molecule has 31 heavy (non-hydrogen) atoms. The molecule has 0 aliphatic rings. The molecule has 0 aliphatic carbocycles. The third-order valence-corrected chi connectivity index (χ3v) is 5.83. The molecule has 0 spiro atoms. The molecule has 3 aromatic rings. The van der Waals surface area contributed by atoms with Crippen LogP contribution in [0.3, 0.4) is 0 Å². The zero-order chi connectivity index (χ0) is 22.7. The van der Waals surface area contributed by atoms with Gasteiger partial charge in [-0.05, 0) is 31.7 Å². The zero-order valence-corrected chi connectivity index (χ0v) is 19.5. The molecular weight excluding hydrogens is 444 g/mol. The van der Waals surface area contributed by atoms with Crippen molar-refractivity contribution in [3.8, 4) is 17.2 Å². The van der Waals surface area contributed by atoms with E-state index in [0.717, 1.165) is 0 Å². The summed E-state index contributed by atoms with van der Waals surface area (Å²) in [5.74, 6) is 1.50. The van der Waals surface area contributed by atoms with Crippen molar-refractivity contribution in [1.29, 1.82) is 0 Å². The summed E-state index contributed by atoms with van der Waals surface area (Å²) in [7, 11) is 4.57. The molecule has 0 amide bonds. The van der Waals surface area contributed by atoms with Gasteiger partial charge in [0.2, 0.25) is 11.7 Å². The van der Waals surface area contributed by atoms with Crippen LogP contribution >= 0.6 is 23.4 Å². The Morgan fingerprint density at radius 1 is 1.06 bits per heavy atom. The molecule has 4 N–H and O–H groups in total. The van der Waals surface area contributed by atoms with Crippen molar-refractivity contribution in [3.63, 3.8) is 0 Å². The van der Waals surface area contributed by atoms with Crippen molar-refractivity contribution in [3.05, 3.63) is 11.1 Å². The van der Waals surface area contributed by atoms with E-state index in [1.807, 2.05) is 18.4 Å². The quantitative estimate of drug-likeness (QED) is 0.482. The normalized spacial score (nSPS) is 11.3. The van der Waals surface area contributed by atoms with E-state index in [1.165, 1.54) is 33.1 Å². The minimum absolute atomic E-state index is 0.0679. The molecule has 0 saturated heterocycles. The van der Waals surface area contributed by atoms with Crippen LogP contribution in [0.2, 0.25) is 5.02 Å². The van der Waals surface area contributed by atoms with E-state index >= 15 is 0 Å². The number of hydrogen-bond donors (Lipinski definition) is 2. The molecule has 0 radical (unpaired) electrons. The van der Waals surface area contributed by atoms with Gasteiger partial charge >= 0.3 is 0 Å². The Labute approximate surface area is 189 Å². The number of hydrogen-bond acceptors (Lipinski definition) is 10. The smallest absolute Gasteiger partial charge is 0.224 e. The number of ether oxygens (including phenoxy) is 4. The lowest BCUT2D eigenvalue weighted by molar-refractivity contribution is 0.0720. The monoisotopic (exact) mass is 468 g/mol. The van der Waals surface area contributed by atoms with E-state index in [2.05, 4.69) is 15.0 Å². The highest BCUT2D eigenvalue weighted by atomic mass is 35.5. The number of imidazole rings is 1. The summed E-state index contributed by atoms with van der Waals surface area (Å²) in [5.41, 5.74) is 12.8. The number of rotatable bonds is 9. The number of nitrogens with zero attached hydrogens (tertiary/aromatic N) is 4. The number of fused-ring (bicyclic) bond motifs is 1. The summed E-state index contributed by atoms with van der Waals surface area (Å²) >= 11 is 7.91. The summed E-state index contributed by atoms with van der Waals surface area (Å²) in [6.07, 6.45) is 0.0835. The van der Waals surface area contributed by atoms with Gasteiger partial charge in [0.15, 0.2) is 33.6 Å². The second-order valence-corrected chi connectivity index (χ2v) is 8.05. The van der Waals surface area contributed by atoms with Gasteiger partial charge in [-0.15, -0.1) is 0 Å². The molecule has 2 aromatic heterocycles. The summed E-state index contributed by atoms with van der Waals surface area (Å²) < 4.78 is 23.9. The lowest BCUT2D eigenvalue weighted by Crippen LogP contribution is -2.12. The van der Waals surface area contributed by atoms with Gasteiger partial charge in [-0.2, -0.15) is 9.97 Å². The molecule has 0 fully saturated rings. The van der Waals surface area contributed by atoms with Crippen molar-refractivity contribution in [2.45, 2.75) is 36.5 Å². The third-order valence-electron chi connectivity index (χ3n) is 4.31. The van der Waals surface area contributed by atoms with Crippen LogP contribution < -0.4 is 25.7 Å². The van der Waals surface area contributed by atoms with Gasteiger partial charge in [-0.3, -0.25) is 0 Å². The second kappa shape index (κ2) is 9.67. The minimum Gasteiger partial charge on any atom is -0.493 e. The first-order valence-corrected chi connectivity index (χ1v) is 10.6. The molecule has 168 valence electrons. The predicted octanol–water partition coefficient (Wildman–Crippen LogP) is 3.25. The van der Waals surface area contributed by atoms with Crippen LogP contribution in [-0.4, -0.2) is 53.6 Å². The zero-order valence-electron chi connectivity index (χ0n) is 17.9. The topological polar surface area (TPSA) is 133 Å². The molecule has 12 heteroatoms. The summed E-state index contributed by atoms with van der Waals surface area (Å²) in [6, 6.07) is 1.76. The molecule has 0 atom stereocenters. The van der Waals surface area contributed by atoms with E-state index in [1.54, 1.807) is 6.07 Å². The fraction of sp³-hybridized carbons (Fsp3) is 0.421. The Morgan fingerprint density at radius 3 is 2.39 bits per heavy atom. The number of anilines is 2. The predicted molar refractivity (Wildman–Crippen MR) is 120 cm³/mol. The summed E-state index contributed by atoms with van der Waals surface area (Å²) in [4.78, 5) is 13.6. The highest BCUT2D eigenvalue weighted by molar-refractivity contribution is 7.99. The number of aromatic nitrogens is 4. The molecule has 0 saturated carbocycles. The van der Waals surface area contributed by atoms with Gasteiger partial charge in [0, 0.05) is 4.90 Å². The SMILES string of the molecule is COc1cc(Sc2nc3c(N)nc(N)nc3n2CCOC(C)C)c(Cl)c(OC)c1OC. The van der Waals surface area contributed by atoms with E-state index in [4.69, 9.17) is 42.0 Å². The van der Waals surface area contributed by atoms with Gasteiger partial charge in [0.05, 0.1) is 40.6 Å². The van der Waals surface area contributed by atoms with Gasteiger partial charge in [0.25, 0.3) is 0 Å². The number of nitrogens with two attached hydrogens (primary N) is 2. The van der Waals surface area contributed by atoms with Gasteiger partial charge < -0.3 is 35.0 Å². The highest BCUT2D eigenvalue weighted by Crippen LogP contribution is 2.49. The largest absolute Gasteiger partial charge is 0.493 e. The van der Waals surface area contributed by atoms with Crippen molar-refractivity contribution < 1.29 is 18.9 Å². The van der Waals surface area contributed by atoms with Gasteiger partial charge in [-0.1, -0.05) is 11.6 Å². The molecule has 2 heterocycles. The maximum absolute atomic E-state index is 6.61. The number of methoxy groups -OCH3 is 3. The molecule has 1 aromatic carbocycles. The Morgan fingerprint density at radius 2 is 1.77 bits per heavy atom. The molecule has 0 aliphatic heterocycles. The first-order valence-electron chi connectivity index (χ1n) is 9.37. The maximum atomic E-state index is 6.61. The molecule has 0 bridgehead atoms. The van der Waals surface area contributed by atoms with E-state index < -0.39 is 0 Å². The average molecular weight is 469 g/mol. The van der Waals surface area contributed by atoms with Crippen LogP contribution in [0.5, 0.6) is 17.2 Å². The van der Waals surface area contributed by atoms with E-state index in [9.17, 15) is 0 Å². The lowest BCUT2D eigenvalue weighted by atomic mass is 10.3. The lowest BCUT2D eigenvalue weighted by Gasteiger charge is -2.16. The van der Waals surface area contributed by atoms with Gasteiger partial charge in [0.1, 0.15) is 5.02 Å². The van der Waals surface area contributed by atoms with Crippen LogP contribution in [-0.2, 0) is 11.3 Å². The molecule has 10 nitrogen and oxygen atoms in total.